The molecule has 1 amide bonds. The molecule has 1 fully saturated rings. The van der Waals surface area contributed by atoms with Crippen LogP contribution in [0.1, 0.15) is 40.0 Å². The highest BCUT2D eigenvalue weighted by Gasteiger charge is 2.32. The molecule has 1 N–H and O–H groups in total. The Bertz CT molecular complexity index is 496. The summed E-state index contributed by atoms with van der Waals surface area (Å²) in [6.07, 6.45) is 3.42. The number of likely N-dealkylation sites (tertiary alicyclic amines) is 1. The standard InChI is InChI=1S/C18H28N2O2/c1-14-6-5-12-20(13-11-14)17(21)18(2,3)19-15-7-9-16(22-4)10-8-15/h7-10,14,19H,5-6,11-13H2,1-4H3. The van der Waals surface area contributed by atoms with Gasteiger partial charge in [0, 0.05) is 18.8 Å². The third-order valence-corrected chi connectivity index (χ3v) is 4.39. The number of rotatable bonds is 4. The predicted molar refractivity (Wildman–Crippen MR) is 90.3 cm³/mol. The number of nitrogens with zero attached hydrogens (tertiary/aromatic N) is 1. The maximum atomic E-state index is 12.8. The van der Waals surface area contributed by atoms with E-state index in [0.29, 0.717) is 0 Å². The van der Waals surface area contributed by atoms with Gasteiger partial charge in [-0.1, -0.05) is 6.92 Å². The van der Waals surface area contributed by atoms with Gasteiger partial charge in [0.1, 0.15) is 11.3 Å². The molecule has 2 rings (SSSR count). The number of amides is 1. The predicted octanol–water partition coefficient (Wildman–Crippen LogP) is 3.53. The van der Waals surface area contributed by atoms with Gasteiger partial charge in [0.05, 0.1) is 7.11 Å². The van der Waals surface area contributed by atoms with Crippen LogP contribution in [0.4, 0.5) is 5.69 Å². The van der Waals surface area contributed by atoms with E-state index in [1.165, 1.54) is 6.42 Å². The van der Waals surface area contributed by atoms with Crippen LogP contribution in [0.15, 0.2) is 24.3 Å². The molecule has 4 nitrogen and oxygen atoms in total. The lowest BCUT2D eigenvalue weighted by molar-refractivity contribution is -0.134. The van der Waals surface area contributed by atoms with Crippen molar-refractivity contribution in [2.75, 3.05) is 25.5 Å². The summed E-state index contributed by atoms with van der Waals surface area (Å²) in [5.74, 6) is 1.71. The zero-order chi connectivity index (χ0) is 16.2. The number of hydrogen-bond donors (Lipinski definition) is 1. The molecular formula is C18H28N2O2. The molecule has 0 radical (unpaired) electrons. The Kier molecular flexibility index (Phi) is 5.33. The molecule has 1 unspecified atom stereocenters. The van der Waals surface area contributed by atoms with Gasteiger partial charge in [-0.25, -0.2) is 0 Å². The first-order valence-corrected chi connectivity index (χ1v) is 8.14. The van der Waals surface area contributed by atoms with Crippen molar-refractivity contribution in [1.29, 1.82) is 0 Å². The van der Waals surface area contributed by atoms with Crippen LogP contribution in [0.25, 0.3) is 0 Å². The number of ether oxygens (including phenoxy) is 1. The van der Waals surface area contributed by atoms with Crippen molar-refractivity contribution in [2.24, 2.45) is 5.92 Å². The summed E-state index contributed by atoms with van der Waals surface area (Å²) < 4.78 is 5.16. The molecule has 1 aromatic carbocycles. The quantitative estimate of drug-likeness (QED) is 0.925. The van der Waals surface area contributed by atoms with Gasteiger partial charge in [-0.15, -0.1) is 0 Å². The molecule has 22 heavy (non-hydrogen) atoms. The van der Waals surface area contributed by atoms with E-state index in [1.54, 1.807) is 7.11 Å². The lowest BCUT2D eigenvalue weighted by Gasteiger charge is -2.33. The summed E-state index contributed by atoms with van der Waals surface area (Å²) >= 11 is 0. The second-order valence-corrected chi connectivity index (χ2v) is 6.81. The normalized spacial score (nSPS) is 19.5. The summed E-state index contributed by atoms with van der Waals surface area (Å²) in [5.41, 5.74) is 0.324. The SMILES string of the molecule is COc1ccc(NC(C)(C)C(=O)N2CCCC(C)CC2)cc1. The topological polar surface area (TPSA) is 41.6 Å². The maximum absolute atomic E-state index is 12.8. The molecule has 4 heteroatoms. The molecule has 0 spiro atoms. The summed E-state index contributed by atoms with van der Waals surface area (Å²) in [7, 11) is 1.65. The Morgan fingerprint density at radius 3 is 2.55 bits per heavy atom. The van der Waals surface area contributed by atoms with Crippen LogP contribution in [0.2, 0.25) is 0 Å². The van der Waals surface area contributed by atoms with E-state index in [2.05, 4.69) is 12.2 Å². The number of methoxy groups -OCH3 is 1. The number of benzene rings is 1. The first kappa shape index (κ1) is 16.7. The maximum Gasteiger partial charge on any atom is 0.247 e. The Labute approximate surface area is 133 Å². The van der Waals surface area contributed by atoms with E-state index in [0.717, 1.165) is 43.3 Å². The molecule has 1 aliphatic rings. The second-order valence-electron chi connectivity index (χ2n) is 6.81. The molecule has 0 aliphatic carbocycles. The zero-order valence-electron chi connectivity index (χ0n) is 14.2. The van der Waals surface area contributed by atoms with E-state index >= 15 is 0 Å². The Morgan fingerprint density at radius 2 is 1.91 bits per heavy atom. The molecule has 1 heterocycles. The van der Waals surface area contributed by atoms with Crippen LogP contribution in [-0.4, -0.2) is 36.5 Å². The fraction of sp³-hybridized carbons (Fsp3) is 0.611. The van der Waals surface area contributed by atoms with Crippen molar-refractivity contribution in [1.82, 2.24) is 4.90 Å². The van der Waals surface area contributed by atoms with Crippen LogP contribution < -0.4 is 10.1 Å². The lowest BCUT2D eigenvalue weighted by atomic mass is 10.0. The van der Waals surface area contributed by atoms with Crippen molar-refractivity contribution >= 4 is 11.6 Å². The molecule has 0 aromatic heterocycles. The van der Waals surface area contributed by atoms with Gasteiger partial charge in [0.2, 0.25) is 5.91 Å². The molecule has 1 aromatic rings. The Balaban J connectivity index is 2.02. The highest BCUT2D eigenvalue weighted by Crippen LogP contribution is 2.23. The fourth-order valence-electron chi connectivity index (χ4n) is 2.95. The van der Waals surface area contributed by atoms with E-state index < -0.39 is 5.54 Å². The van der Waals surface area contributed by atoms with Gasteiger partial charge < -0.3 is 15.0 Å². The highest BCUT2D eigenvalue weighted by atomic mass is 16.5. The minimum Gasteiger partial charge on any atom is -0.497 e. The largest absolute Gasteiger partial charge is 0.497 e. The van der Waals surface area contributed by atoms with Crippen molar-refractivity contribution in [3.8, 4) is 5.75 Å². The van der Waals surface area contributed by atoms with Crippen LogP contribution in [0.5, 0.6) is 5.75 Å². The van der Waals surface area contributed by atoms with Crippen LogP contribution >= 0.6 is 0 Å². The molecule has 1 atom stereocenters. The summed E-state index contributed by atoms with van der Waals surface area (Å²) in [5, 5.41) is 3.35. The number of carbonyl (C=O) groups excluding carboxylic acids is 1. The molecule has 122 valence electrons. The first-order valence-electron chi connectivity index (χ1n) is 8.14. The van der Waals surface area contributed by atoms with E-state index in [-0.39, 0.29) is 5.91 Å². The second kappa shape index (κ2) is 7.03. The monoisotopic (exact) mass is 304 g/mol. The zero-order valence-corrected chi connectivity index (χ0v) is 14.2. The van der Waals surface area contributed by atoms with Gasteiger partial charge in [0.15, 0.2) is 0 Å². The minimum atomic E-state index is -0.609. The summed E-state index contributed by atoms with van der Waals surface area (Å²) in [6.45, 7) is 7.92. The fourth-order valence-corrected chi connectivity index (χ4v) is 2.95. The molecular weight excluding hydrogens is 276 g/mol. The lowest BCUT2D eigenvalue weighted by Crippen LogP contribution is -2.50. The highest BCUT2D eigenvalue weighted by molar-refractivity contribution is 5.88. The Hall–Kier alpha value is -1.71. The number of carbonyl (C=O) groups is 1. The van der Waals surface area contributed by atoms with Gasteiger partial charge in [-0.05, 0) is 63.3 Å². The first-order chi connectivity index (χ1) is 10.4. The van der Waals surface area contributed by atoms with E-state index in [1.807, 2.05) is 43.0 Å². The molecule has 1 aliphatic heterocycles. The number of hydrogen-bond acceptors (Lipinski definition) is 3. The van der Waals surface area contributed by atoms with Crippen LogP contribution in [-0.2, 0) is 4.79 Å². The molecule has 0 saturated carbocycles. The average Bonchev–Trinajstić information content (AvgIpc) is 2.71. The van der Waals surface area contributed by atoms with Gasteiger partial charge in [-0.3, -0.25) is 4.79 Å². The van der Waals surface area contributed by atoms with Gasteiger partial charge in [-0.2, -0.15) is 0 Å². The molecule has 1 saturated heterocycles. The average molecular weight is 304 g/mol. The van der Waals surface area contributed by atoms with Gasteiger partial charge >= 0.3 is 0 Å². The van der Waals surface area contributed by atoms with Crippen LogP contribution in [0, 0.1) is 5.92 Å². The van der Waals surface area contributed by atoms with E-state index in [4.69, 9.17) is 4.74 Å². The third-order valence-electron chi connectivity index (χ3n) is 4.39. The van der Waals surface area contributed by atoms with Crippen molar-refractivity contribution < 1.29 is 9.53 Å². The van der Waals surface area contributed by atoms with E-state index in [9.17, 15) is 4.79 Å². The van der Waals surface area contributed by atoms with Crippen molar-refractivity contribution in [2.45, 2.75) is 45.6 Å². The third kappa shape index (κ3) is 4.15. The molecule has 0 bridgehead atoms. The number of anilines is 1. The summed E-state index contributed by atoms with van der Waals surface area (Å²) in [6, 6.07) is 7.68. The smallest absolute Gasteiger partial charge is 0.247 e. The number of nitrogens with one attached hydrogen (secondary N) is 1. The van der Waals surface area contributed by atoms with Gasteiger partial charge in [0.25, 0.3) is 0 Å². The van der Waals surface area contributed by atoms with Crippen molar-refractivity contribution in [3.05, 3.63) is 24.3 Å². The minimum absolute atomic E-state index is 0.178. The van der Waals surface area contributed by atoms with Crippen molar-refractivity contribution in [3.63, 3.8) is 0 Å². The van der Waals surface area contributed by atoms with Crippen LogP contribution in [0.3, 0.4) is 0 Å². The Morgan fingerprint density at radius 1 is 1.23 bits per heavy atom. The summed E-state index contributed by atoms with van der Waals surface area (Å²) in [4.78, 5) is 14.9.